The van der Waals surface area contributed by atoms with Crippen LogP contribution in [-0.2, 0) is 0 Å². The lowest BCUT2D eigenvalue weighted by Gasteiger charge is -2.16. The van der Waals surface area contributed by atoms with Crippen LogP contribution in [0.1, 0.15) is 16.7 Å². The minimum atomic E-state index is -0.0300. The minimum absolute atomic E-state index is 0.0300. The van der Waals surface area contributed by atoms with Gasteiger partial charge in [0.25, 0.3) is 0 Å². The molecule has 1 N–H and O–H groups in total. The Morgan fingerprint density at radius 2 is 1.95 bits per heavy atom. The number of benzene rings is 1. The van der Waals surface area contributed by atoms with Gasteiger partial charge in [-0.25, -0.2) is 0 Å². The van der Waals surface area contributed by atoms with Crippen LogP contribution in [0.15, 0.2) is 64.1 Å². The van der Waals surface area contributed by atoms with Crippen LogP contribution in [0.2, 0.25) is 4.34 Å². The van der Waals surface area contributed by atoms with E-state index in [1.165, 1.54) is 4.90 Å². The SMILES string of the molecule is CSc1ccc(NC(c2ccco2)c2ccc(Cl)s2)cc1. The van der Waals surface area contributed by atoms with Gasteiger partial charge in [0.2, 0.25) is 0 Å². The minimum Gasteiger partial charge on any atom is -0.467 e. The molecule has 0 bridgehead atoms. The predicted molar refractivity (Wildman–Crippen MR) is 91.7 cm³/mol. The van der Waals surface area contributed by atoms with Gasteiger partial charge in [-0.3, -0.25) is 0 Å². The number of furan rings is 1. The lowest BCUT2D eigenvalue weighted by atomic mass is 10.1. The molecular weight excluding hydrogens is 322 g/mol. The van der Waals surface area contributed by atoms with Crippen LogP contribution in [0.25, 0.3) is 0 Å². The molecule has 1 atom stereocenters. The summed E-state index contributed by atoms with van der Waals surface area (Å²) in [5.74, 6) is 0.877. The summed E-state index contributed by atoms with van der Waals surface area (Å²) >= 11 is 9.36. The molecule has 0 saturated carbocycles. The van der Waals surface area contributed by atoms with E-state index in [0.717, 1.165) is 20.7 Å². The highest BCUT2D eigenvalue weighted by atomic mass is 35.5. The molecule has 5 heteroatoms. The van der Waals surface area contributed by atoms with Crippen LogP contribution >= 0.6 is 34.7 Å². The summed E-state index contributed by atoms with van der Waals surface area (Å²) in [7, 11) is 0. The van der Waals surface area contributed by atoms with Crippen LogP contribution in [0.4, 0.5) is 5.69 Å². The van der Waals surface area contributed by atoms with Crippen molar-refractivity contribution in [3.05, 3.63) is 69.8 Å². The molecule has 0 saturated heterocycles. The van der Waals surface area contributed by atoms with E-state index < -0.39 is 0 Å². The van der Waals surface area contributed by atoms with Crippen molar-refractivity contribution in [1.82, 2.24) is 0 Å². The largest absolute Gasteiger partial charge is 0.467 e. The summed E-state index contributed by atoms with van der Waals surface area (Å²) in [5, 5.41) is 3.51. The van der Waals surface area contributed by atoms with Gasteiger partial charge in [0.05, 0.1) is 10.6 Å². The van der Waals surface area contributed by atoms with Crippen molar-refractivity contribution < 1.29 is 4.42 Å². The Balaban J connectivity index is 1.88. The van der Waals surface area contributed by atoms with Crippen molar-refractivity contribution in [1.29, 1.82) is 0 Å². The summed E-state index contributed by atoms with van der Waals surface area (Å²) in [6, 6.07) is 16.2. The fraction of sp³-hybridized carbons (Fsp3) is 0.125. The summed E-state index contributed by atoms with van der Waals surface area (Å²) in [6.07, 6.45) is 3.76. The van der Waals surface area contributed by atoms with Crippen molar-refractivity contribution in [3.8, 4) is 0 Å². The zero-order valence-corrected chi connectivity index (χ0v) is 13.8. The third-order valence-electron chi connectivity index (χ3n) is 3.11. The zero-order valence-electron chi connectivity index (χ0n) is 11.4. The normalized spacial score (nSPS) is 12.3. The quantitative estimate of drug-likeness (QED) is 0.586. The maximum atomic E-state index is 6.07. The lowest BCUT2D eigenvalue weighted by Crippen LogP contribution is -2.10. The summed E-state index contributed by atoms with van der Waals surface area (Å²) in [6.45, 7) is 0. The molecule has 0 spiro atoms. The van der Waals surface area contributed by atoms with Crippen molar-refractivity contribution >= 4 is 40.4 Å². The van der Waals surface area contributed by atoms with Crippen molar-refractivity contribution in [2.45, 2.75) is 10.9 Å². The molecule has 2 nitrogen and oxygen atoms in total. The number of thiophene rings is 1. The second-order valence-corrected chi connectivity index (χ2v) is 7.09. The first-order chi connectivity index (χ1) is 10.3. The van der Waals surface area contributed by atoms with Gasteiger partial charge in [-0.15, -0.1) is 23.1 Å². The van der Waals surface area contributed by atoms with E-state index in [1.54, 1.807) is 29.4 Å². The maximum Gasteiger partial charge on any atom is 0.131 e. The highest BCUT2D eigenvalue weighted by Gasteiger charge is 2.18. The Labute approximate surface area is 137 Å². The van der Waals surface area contributed by atoms with E-state index in [4.69, 9.17) is 16.0 Å². The molecule has 0 radical (unpaired) electrons. The number of halogens is 1. The van der Waals surface area contributed by atoms with Crippen LogP contribution in [0, 0.1) is 0 Å². The van der Waals surface area contributed by atoms with E-state index >= 15 is 0 Å². The maximum absolute atomic E-state index is 6.07. The molecule has 3 aromatic rings. The number of nitrogens with one attached hydrogen (secondary N) is 1. The lowest BCUT2D eigenvalue weighted by molar-refractivity contribution is 0.501. The molecule has 1 unspecified atom stereocenters. The zero-order chi connectivity index (χ0) is 14.7. The average molecular weight is 336 g/mol. The van der Waals surface area contributed by atoms with E-state index in [-0.39, 0.29) is 6.04 Å². The van der Waals surface area contributed by atoms with Gasteiger partial charge in [0.15, 0.2) is 0 Å². The fourth-order valence-corrected chi connectivity index (χ4v) is 3.60. The standard InChI is InChI=1S/C16H14ClNOS2/c1-20-12-6-4-11(5-7-12)18-16(13-3-2-10-19-13)14-8-9-15(17)21-14/h2-10,16,18H,1H3. The highest BCUT2D eigenvalue weighted by Crippen LogP contribution is 2.34. The smallest absolute Gasteiger partial charge is 0.131 e. The van der Waals surface area contributed by atoms with Gasteiger partial charge < -0.3 is 9.73 Å². The Morgan fingerprint density at radius 3 is 2.52 bits per heavy atom. The third kappa shape index (κ3) is 3.46. The number of hydrogen-bond donors (Lipinski definition) is 1. The predicted octanol–water partition coefficient (Wildman–Crippen LogP) is 5.92. The van der Waals surface area contributed by atoms with E-state index in [0.29, 0.717) is 0 Å². The Morgan fingerprint density at radius 1 is 1.14 bits per heavy atom. The van der Waals surface area contributed by atoms with Gasteiger partial charge in [-0.2, -0.15) is 0 Å². The summed E-state index contributed by atoms with van der Waals surface area (Å²) in [5.41, 5.74) is 1.05. The van der Waals surface area contributed by atoms with Crippen molar-refractivity contribution in [3.63, 3.8) is 0 Å². The second kappa shape index (κ2) is 6.60. The highest BCUT2D eigenvalue weighted by molar-refractivity contribution is 7.98. The second-order valence-electron chi connectivity index (χ2n) is 4.46. The van der Waals surface area contributed by atoms with Crippen molar-refractivity contribution in [2.24, 2.45) is 0 Å². The molecule has 0 aliphatic heterocycles. The summed E-state index contributed by atoms with van der Waals surface area (Å²) in [4.78, 5) is 2.37. The molecule has 0 aliphatic carbocycles. The number of rotatable bonds is 5. The fourth-order valence-electron chi connectivity index (χ4n) is 2.08. The first-order valence-corrected chi connectivity index (χ1v) is 8.87. The van der Waals surface area contributed by atoms with Crippen LogP contribution in [0.3, 0.4) is 0 Å². The van der Waals surface area contributed by atoms with E-state index in [2.05, 4.69) is 35.8 Å². The Hall–Kier alpha value is -1.36. The molecule has 1 aromatic carbocycles. The Bertz CT molecular complexity index is 691. The van der Waals surface area contributed by atoms with Crippen LogP contribution < -0.4 is 5.32 Å². The summed E-state index contributed by atoms with van der Waals surface area (Å²) < 4.78 is 6.35. The average Bonchev–Trinajstić information content (AvgIpc) is 3.17. The molecule has 2 heterocycles. The Kier molecular flexibility index (Phi) is 4.58. The third-order valence-corrected chi connectivity index (χ3v) is 5.15. The van der Waals surface area contributed by atoms with Gasteiger partial charge in [0, 0.05) is 15.5 Å². The first kappa shape index (κ1) is 14.6. The number of thioether (sulfide) groups is 1. The molecule has 0 fully saturated rings. The topological polar surface area (TPSA) is 25.2 Å². The monoisotopic (exact) mass is 335 g/mol. The molecule has 0 amide bonds. The van der Waals surface area contributed by atoms with E-state index in [9.17, 15) is 0 Å². The van der Waals surface area contributed by atoms with Gasteiger partial charge >= 0.3 is 0 Å². The van der Waals surface area contributed by atoms with Crippen LogP contribution in [0.5, 0.6) is 0 Å². The van der Waals surface area contributed by atoms with Crippen LogP contribution in [-0.4, -0.2) is 6.26 Å². The molecule has 108 valence electrons. The van der Waals surface area contributed by atoms with Gasteiger partial charge in [-0.05, 0) is 54.8 Å². The van der Waals surface area contributed by atoms with Crippen molar-refractivity contribution in [2.75, 3.05) is 11.6 Å². The van der Waals surface area contributed by atoms with E-state index in [1.807, 2.05) is 24.3 Å². The number of hydrogen-bond acceptors (Lipinski definition) is 4. The molecular formula is C16H14ClNOS2. The molecule has 21 heavy (non-hydrogen) atoms. The van der Waals surface area contributed by atoms with Gasteiger partial charge in [-0.1, -0.05) is 11.6 Å². The molecule has 2 aromatic heterocycles. The molecule has 0 aliphatic rings. The van der Waals surface area contributed by atoms with Gasteiger partial charge in [0.1, 0.15) is 11.8 Å². The number of anilines is 1. The molecule has 3 rings (SSSR count). The first-order valence-electron chi connectivity index (χ1n) is 6.45.